The minimum Gasteiger partial charge on any atom is -0.324 e. The van der Waals surface area contributed by atoms with Gasteiger partial charge in [0.15, 0.2) is 0 Å². The molecule has 0 fully saturated rings. The third-order valence-corrected chi connectivity index (χ3v) is 6.13. The lowest BCUT2D eigenvalue weighted by molar-refractivity contribution is -0.384. The van der Waals surface area contributed by atoms with E-state index in [-0.39, 0.29) is 17.3 Å². The first-order valence-corrected chi connectivity index (χ1v) is 11.3. The monoisotopic (exact) mass is 433 g/mol. The van der Waals surface area contributed by atoms with Gasteiger partial charge in [0.25, 0.3) is 5.69 Å². The molecule has 0 heterocycles. The van der Waals surface area contributed by atoms with Crippen molar-refractivity contribution in [2.75, 3.05) is 15.9 Å². The molecule has 2 rings (SSSR count). The second-order valence-corrected chi connectivity index (χ2v) is 9.51. The van der Waals surface area contributed by atoms with Crippen molar-refractivity contribution in [3.05, 3.63) is 63.2 Å². The van der Waals surface area contributed by atoms with Gasteiger partial charge in [-0.15, -0.1) is 0 Å². The van der Waals surface area contributed by atoms with Gasteiger partial charge in [-0.05, 0) is 43.4 Å². The van der Waals surface area contributed by atoms with E-state index in [1.54, 1.807) is 6.92 Å². The predicted molar refractivity (Wildman–Crippen MR) is 119 cm³/mol. The summed E-state index contributed by atoms with van der Waals surface area (Å²) in [6, 6.07) is 8.50. The lowest BCUT2D eigenvalue weighted by Gasteiger charge is -2.30. The van der Waals surface area contributed by atoms with Gasteiger partial charge in [-0.1, -0.05) is 38.1 Å². The highest BCUT2D eigenvalue weighted by Gasteiger charge is 2.32. The number of carbonyl (C=O) groups excluding carboxylic acids is 1. The Bertz CT molecular complexity index is 1080. The average molecular weight is 434 g/mol. The molecule has 2 aromatic carbocycles. The first kappa shape index (κ1) is 23.3. The highest BCUT2D eigenvalue weighted by atomic mass is 32.2. The summed E-state index contributed by atoms with van der Waals surface area (Å²) in [5.41, 5.74) is 2.80. The van der Waals surface area contributed by atoms with Gasteiger partial charge in [0.2, 0.25) is 15.9 Å². The predicted octanol–water partition coefficient (Wildman–Crippen LogP) is 4.13. The summed E-state index contributed by atoms with van der Waals surface area (Å²) < 4.78 is 26.1. The molecule has 0 saturated heterocycles. The Hall–Kier alpha value is -2.94. The smallest absolute Gasteiger partial charge is 0.271 e. The van der Waals surface area contributed by atoms with Crippen LogP contribution in [0.3, 0.4) is 0 Å². The molecule has 1 unspecified atom stereocenters. The van der Waals surface area contributed by atoms with Gasteiger partial charge < -0.3 is 5.32 Å². The normalized spacial score (nSPS) is 12.5. The number of benzene rings is 2. The number of nitrogens with zero attached hydrogens (tertiary/aromatic N) is 2. The highest BCUT2D eigenvalue weighted by molar-refractivity contribution is 7.92. The number of sulfonamides is 1. The minimum absolute atomic E-state index is 0.100. The topological polar surface area (TPSA) is 110 Å². The van der Waals surface area contributed by atoms with Crippen LogP contribution in [-0.4, -0.2) is 31.5 Å². The molecular formula is C21H27N3O5S. The minimum atomic E-state index is -3.91. The lowest BCUT2D eigenvalue weighted by atomic mass is 9.98. The van der Waals surface area contributed by atoms with Crippen LogP contribution in [0.1, 0.15) is 43.4 Å². The van der Waals surface area contributed by atoms with E-state index in [4.69, 9.17) is 0 Å². The molecule has 9 heteroatoms. The number of nitro benzene ring substituents is 1. The highest BCUT2D eigenvalue weighted by Crippen LogP contribution is 2.31. The number of non-ortho nitro benzene ring substituents is 1. The van der Waals surface area contributed by atoms with Gasteiger partial charge in [-0.3, -0.25) is 19.2 Å². The zero-order valence-corrected chi connectivity index (χ0v) is 18.8. The summed E-state index contributed by atoms with van der Waals surface area (Å²) in [7, 11) is -3.91. The van der Waals surface area contributed by atoms with Crippen molar-refractivity contribution in [2.45, 2.75) is 46.6 Å². The molecule has 0 aliphatic carbocycles. The van der Waals surface area contributed by atoms with Crippen LogP contribution >= 0.6 is 0 Å². The molecule has 8 nitrogen and oxygen atoms in total. The maximum atomic E-state index is 13.1. The maximum Gasteiger partial charge on any atom is 0.271 e. The SMILES string of the molecule is Cc1ccc([N+](=O)[O-])cc1N(C(C)C(=O)Nc1c(C)cccc1C(C)C)S(C)(=O)=O. The molecule has 0 spiro atoms. The Morgan fingerprint density at radius 1 is 1.10 bits per heavy atom. The first-order valence-electron chi connectivity index (χ1n) is 9.49. The van der Waals surface area contributed by atoms with E-state index in [2.05, 4.69) is 5.32 Å². The van der Waals surface area contributed by atoms with Crippen molar-refractivity contribution in [2.24, 2.45) is 0 Å². The summed E-state index contributed by atoms with van der Waals surface area (Å²) in [6.07, 6.45) is 0.975. The fourth-order valence-electron chi connectivity index (χ4n) is 3.30. The van der Waals surface area contributed by atoms with Gasteiger partial charge in [-0.25, -0.2) is 8.42 Å². The largest absolute Gasteiger partial charge is 0.324 e. The quantitative estimate of drug-likeness (QED) is 0.521. The van der Waals surface area contributed by atoms with Crippen LogP contribution in [0, 0.1) is 24.0 Å². The molecule has 2 aromatic rings. The molecule has 0 saturated carbocycles. The molecule has 1 amide bonds. The summed E-state index contributed by atoms with van der Waals surface area (Å²) in [4.78, 5) is 23.7. The zero-order valence-electron chi connectivity index (χ0n) is 18.0. The van der Waals surface area contributed by atoms with Gasteiger partial charge >= 0.3 is 0 Å². The summed E-state index contributed by atoms with van der Waals surface area (Å²) in [5.74, 6) is -0.372. The fourth-order valence-corrected chi connectivity index (χ4v) is 4.52. The second kappa shape index (κ2) is 8.83. The Kier molecular flexibility index (Phi) is 6.87. The number of amides is 1. The number of para-hydroxylation sites is 1. The Morgan fingerprint density at radius 2 is 1.73 bits per heavy atom. The van der Waals surface area contributed by atoms with Gasteiger partial charge in [-0.2, -0.15) is 0 Å². The van der Waals surface area contributed by atoms with Crippen LogP contribution in [0.5, 0.6) is 0 Å². The lowest BCUT2D eigenvalue weighted by Crippen LogP contribution is -2.45. The van der Waals surface area contributed by atoms with E-state index in [0.717, 1.165) is 21.7 Å². The number of anilines is 2. The molecule has 1 atom stereocenters. The van der Waals surface area contributed by atoms with Crippen LogP contribution in [0.25, 0.3) is 0 Å². The summed E-state index contributed by atoms with van der Waals surface area (Å²) in [5, 5.41) is 14.0. The van der Waals surface area contributed by atoms with Crippen molar-refractivity contribution in [1.82, 2.24) is 0 Å². The number of aryl methyl sites for hydroxylation is 2. The number of hydrogen-bond acceptors (Lipinski definition) is 5. The number of nitrogens with one attached hydrogen (secondary N) is 1. The van der Waals surface area contributed by atoms with Crippen molar-refractivity contribution < 1.29 is 18.1 Å². The van der Waals surface area contributed by atoms with Crippen LogP contribution < -0.4 is 9.62 Å². The molecule has 0 aromatic heterocycles. The standard InChI is InChI=1S/C21H27N3O5S/c1-13(2)18-9-7-8-15(4)20(18)22-21(25)16(5)23(30(6,28)29)19-12-17(24(26)27)11-10-14(19)3/h7-13,16H,1-6H3,(H,22,25). The fraction of sp³-hybridized carbons (Fsp3) is 0.381. The van der Waals surface area contributed by atoms with Gasteiger partial charge in [0, 0.05) is 17.8 Å². The maximum absolute atomic E-state index is 13.1. The summed E-state index contributed by atoms with van der Waals surface area (Å²) >= 11 is 0. The van der Waals surface area contributed by atoms with Crippen LogP contribution in [0.2, 0.25) is 0 Å². The van der Waals surface area contributed by atoms with Crippen LogP contribution in [-0.2, 0) is 14.8 Å². The third-order valence-electron chi connectivity index (χ3n) is 4.90. The van der Waals surface area contributed by atoms with E-state index in [9.17, 15) is 23.3 Å². The second-order valence-electron chi connectivity index (χ2n) is 7.65. The van der Waals surface area contributed by atoms with Crippen LogP contribution in [0.4, 0.5) is 17.1 Å². The number of hydrogen-bond donors (Lipinski definition) is 1. The zero-order chi connectivity index (χ0) is 22.8. The van der Waals surface area contributed by atoms with Gasteiger partial charge in [0.05, 0.1) is 16.9 Å². The molecule has 0 radical (unpaired) electrons. The van der Waals surface area contributed by atoms with Crippen molar-refractivity contribution in [3.8, 4) is 0 Å². The molecule has 0 aliphatic rings. The molecule has 30 heavy (non-hydrogen) atoms. The van der Waals surface area contributed by atoms with Crippen LogP contribution in [0.15, 0.2) is 36.4 Å². The Labute approximate surface area is 177 Å². The van der Waals surface area contributed by atoms with Gasteiger partial charge in [0.1, 0.15) is 6.04 Å². The van der Waals surface area contributed by atoms with Crippen molar-refractivity contribution >= 4 is 33.0 Å². The van der Waals surface area contributed by atoms with E-state index in [0.29, 0.717) is 11.3 Å². The Balaban J connectivity index is 2.50. The Morgan fingerprint density at radius 3 is 2.27 bits per heavy atom. The number of rotatable bonds is 7. The van der Waals surface area contributed by atoms with E-state index >= 15 is 0 Å². The molecule has 1 N–H and O–H groups in total. The molecule has 0 bridgehead atoms. The van der Waals surface area contributed by atoms with E-state index < -0.39 is 26.9 Å². The summed E-state index contributed by atoms with van der Waals surface area (Å²) in [6.45, 7) is 8.97. The van der Waals surface area contributed by atoms with E-state index in [1.807, 2.05) is 39.0 Å². The third kappa shape index (κ3) is 4.96. The molecular weight excluding hydrogens is 406 g/mol. The first-order chi connectivity index (χ1) is 13.8. The number of carbonyl (C=O) groups is 1. The molecule has 0 aliphatic heterocycles. The van der Waals surface area contributed by atoms with Crippen molar-refractivity contribution in [1.29, 1.82) is 0 Å². The van der Waals surface area contributed by atoms with E-state index in [1.165, 1.54) is 25.1 Å². The average Bonchev–Trinajstić information content (AvgIpc) is 2.63. The molecule has 162 valence electrons. The van der Waals surface area contributed by atoms with Crippen molar-refractivity contribution in [3.63, 3.8) is 0 Å². The number of nitro groups is 1.